The van der Waals surface area contributed by atoms with Crippen LogP contribution in [-0.4, -0.2) is 22.6 Å². The molecule has 1 aromatic rings. The second-order valence-corrected chi connectivity index (χ2v) is 5.26. The van der Waals surface area contributed by atoms with Gasteiger partial charge in [-0.2, -0.15) is 0 Å². The van der Waals surface area contributed by atoms with E-state index >= 15 is 0 Å². The van der Waals surface area contributed by atoms with Crippen LogP contribution in [0.3, 0.4) is 0 Å². The third kappa shape index (κ3) is 2.75. The van der Waals surface area contributed by atoms with Gasteiger partial charge in [0.1, 0.15) is 6.33 Å². The zero-order valence-electron chi connectivity index (χ0n) is 10.9. The van der Waals surface area contributed by atoms with E-state index in [9.17, 15) is 0 Å². The van der Waals surface area contributed by atoms with Gasteiger partial charge in [-0.05, 0) is 31.6 Å². The fourth-order valence-electron chi connectivity index (χ4n) is 2.02. The fourth-order valence-corrected chi connectivity index (χ4v) is 2.02. The van der Waals surface area contributed by atoms with Gasteiger partial charge in [-0.15, -0.1) is 0 Å². The minimum Gasteiger partial charge on any atom is -0.493 e. The molecule has 2 rings (SSSR count). The van der Waals surface area contributed by atoms with E-state index < -0.39 is 0 Å². The summed E-state index contributed by atoms with van der Waals surface area (Å²) in [6.45, 7) is 4.22. The van der Waals surface area contributed by atoms with E-state index in [4.69, 9.17) is 10.5 Å². The number of hydrogen-bond donors (Lipinski definition) is 1. The molecule has 4 nitrogen and oxygen atoms in total. The smallest absolute Gasteiger partial charge is 0.162 e. The highest BCUT2D eigenvalue weighted by Crippen LogP contribution is 2.37. The van der Waals surface area contributed by atoms with Crippen LogP contribution < -0.4 is 10.5 Å². The van der Waals surface area contributed by atoms with E-state index in [0.29, 0.717) is 5.92 Å². The molecule has 94 valence electrons. The Morgan fingerprint density at radius 1 is 1.41 bits per heavy atom. The van der Waals surface area contributed by atoms with E-state index in [1.165, 1.54) is 0 Å². The molecule has 0 amide bonds. The van der Waals surface area contributed by atoms with Gasteiger partial charge in [-0.25, -0.2) is 9.97 Å². The van der Waals surface area contributed by atoms with Crippen molar-refractivity contribution in [2.24, 2.45) is 5.73 Å². The van der Waals surface area contributed by atoms with Gasteiger partial charge >= 0.3 is 0 Å². The van der Waals surface area contributed by atoms with Crippen molar-refractivity contribution >= 4 is 0 Å². The first-order chi connectivity index (χ1) is 8.06. The third-order valence-electron chi connectivity index (χ3n) is 3.41. The molecule has 1 aliphatic rings. The summed E-state index contributed by atoms with van der Waals surface area (Å²) in [5.74, 6) is 1.19. The van der Waals surface area contributed by atoms with Crippen molar-refractivity contribution in [1.29, 1.82) is 0 Å². The molecular formula is C13H21N3O. The predicted molar refractivity (Wildman–Crippen MR) is 67.1 cm³/mol. The first-order valence-electron chi connectivity index (χ1n) is 6.22. The molecule has 1 heterocycles. The van der Waals surface area contributed by atoms with Gasteiger partial charge in [0.2, 0.25) is 0 Å². The first kappa shape index (κ1) is 12.3. The summed E-state index contributed by atoms with van der Waals surface area (Å²) < 4.78 is 5.46. The second-order valence-electron chi connectivity index (χ2n) is 5.26. The number of aromatic nitrogens is 2. The quantitative estimate of drug-likeness (QED) is 0.848. The Bertz CT molecular complexity index is 400. The molecule has 0 spiro atoms. The van der Waals surface area contributed by atoms with Crippen molar-refractivity contribution in [3.8, 4) is 5.75 Å². The van der Waals surface area contributed by atoms with Crippen LogP contribution in [0, 0.1) is 0 Å². The van der Waals surface area contributed by atoms with Crippen LogP contribution in [-0.2, 0) is 6.42 Å². The Morgan fingerprint density at radius 3 is 2.65 bits per heavy atom. The largest absolute Gasteiger partial charge is 0.493 e. The molecule has 1 aliphatic carbocycles. The Labute approximate surface area is 103 Å². The van der Waals surface area contributed by atoms with Crippen LogP contribution in [0.15, 0.2) is 6.33 Å². The van der Waals surface area contributed by atoms with Gasteiger partial charge in [0.05, 0.1) is 18.5 Å². The highest BCUT2D eigenvalue weighted by atomic mass is 16.5. The first-order valence-corrected chi connectivity index (χ1v) is 6.22. The molecule has 1 aromatic heterocycles. The van der Waals surface area contributed by atoms with Crippen LogP contribution in [0.4, 0.5) is 0 Å². The van der Waals surface area contributed by atoms with Gasteiger partial charge in [-0.1, -0.05) is 13.8 Å². The standard InChI is InChI=1S/C13H21N3O/c1-9(2)11-12(17-3)10(15-8-16-11)4-5-13(14)6-7-13/h8-9H,4-7,14H2,1-3H3. The van der Waals surface area contributed by atoms with Gasteiger partial charge in [0.25, 0.3) is 0 Å². The molecule has 0 bridgehead atoms. The van der Waals surface area contributed by atoms with Crippen LogP contribution in [0.5, 0.6) is 5.75 Å². The van der Waals surface area contributed by atoms with Crippen LogP contribution in [0.25, 0.3) is 0 Å². The van der Waals surface area contributed by atoms with Crippen molar-refractivity contribution in [3.63, 3.8) is 0 Å². The molecule has 17 heavy (non-hydrogen) atoms. The van der Waals surface area contributed by atoms with Gasteiger partial charge in [0, 0.05) is 5.54 Å². The minimum atomic E-state index is 0.0634. The molecular weight excluding hydrogens is 214 g/mol. The zero-order chi connectivity index (χ0) is 12.5. The number of hydrogen-bond acceptors (Lipinski definition) is 4. The van der Waals surface area contributed by atoms with E-state index in [-0.39, 0.29) is 5.54 Å². The Hall–Kier alpha value is -1.16. The number of methoxy groups -OCH3 is 1. The third-order valence-corrected chi connectivity index (χ3v) is 3.41. The van der Waals surface area contributed by atoms with Crippen molar-refractivity contribution in [3.05, 3.63) is 17.7 Å². The van der Waals surface area contributed by atoms with Gasteiger partial charge in [-0.3, -0.25) is 0 Å². The number of aryl methyl sites for hydroxylation is 1. The summed E-state index contributed by atoms with van der Waals surface area (Å²) in [5, 5.41) is 0. The molecule has 0 radical (unpaired) electrons. The number of rotatable bonds is 5. The van der Waals surface area contributed by atoms with Crippen molar-refractivity contribution < 1.29 is 4.74 Å². The zero-order valence-corrected chi connectivity index (χ0v) is 10.9. The molecule has 2 N–H and O–H groups in total. The minimum absolute atomic E-state index is 0.0634. The van der Waals surface area contributed by atoms with Crippen molar-refractivity contribution in [2.75, 3.05) is 7.11 Å². The maximum atomic E-state index is 6.10. The number of nitrogens with zero attached hydrogens (tertiary/aromatic N) is 2. The summed E-state index contributed by atoms with van der Waals surface area (Å²) in [4.78, 5) is 8.63. The molecule has 1 fully saturated rings. The lowest BCUT2D eigenvalue weighted by molar-refractivity contribution is 0.393. The van der Waals surface area contributed by atoms with Gasteiger partial charge < -0.3 is 10.5 Å². The van der Waals surface area contributed by atoms with Crippen molar-refractivity contribution in [1.82, 2.24) is 9.97 Å². The van der Waals surface area contributed by atoms with Gasteiger partial charge in [0.15, 0.2) is 5.75 Å². The van der Waals surface area contributed by atoms with E-state index in [1.807, 2.05) is 0 Å². The molecule has 0 atom stereocenters. The molecule has 0 aromatic carbocycles. The molecule has 4 heteroatoms. The summed E-state index contributed by atoms with van der Waals surface area (Å²) in [6.07, 6.45) is 5.76. The highest BCUT2D eigenvalue weighted by Gasteiger charge is 2.37. The topological polar surface area (TPSA) is 61.0 Å². The number of nitrogens with two attached hydrogens (primary N) is 1. The Kier molecular flexibility index (Phi) is 3.33. The maximum absolute atomic E-state index is 6.10. The lowest BCUT2D eigenvalue weighted by Crippen LogP contribution is -2.22. The summed E-state index contributed by atoms with van der Waals surface area (Å²) in [7, 11) is 1.68. The van der Waals surface area contributed by atoms with Crippen molar-refractivity contribution in [2.45, 2.75) is 51.0 Å². The SMILES string of the molecule is COc1c(CCC2(N)CC2)ncnc1C(C)C. The second kappa shape index (κ2) is 4.61. The Morgan fingerprint density at radius 2 is 2.12 bits per heavy atom. The fraction of sp³-hybridized carbons (Fsp3) is 0.692. The summed E-state index contributed by atoms with van der Waals surface area (Å²) in [5.41, 5.74) is 8.14. The molecule has 0 saturated heterocycles. The summed E-state index contributed by atoms with van der Waals surface area (Å²) >= 11 is 0. The summed E-state index contributed by atoms with van der Waals surface area (Å²) in [6, 6.07) is 0. The molecule has 1 saturated carbocycles. The maximum Gasteiger partial charge on any atom is 0.162 e. The van der Waals surface area contributed by atoms with E-state index in [0.717, 1.165) is 42.8 Å². The molecule has 0 aliphatic heterocycles. The van der Waals surface area contributed by atoms with Crippen LogP contribution in [0.1, 0.15) is 50.4 Å². The van der Waals surface area contributed by atoms with E-state index in [2.05, 4.69) is 23.8 Å². The predicted octanol–water partition coefficient (Wildman–Crippen LogP) is 2.03. The lowest BCUT2D eigenvalue weighted by Gasteiger charge is -2.15. The Balaban J connectivity index is 2.17. The lowest BCUT2D eigenvalue weighted by atomic mass is 10.0. The monoisotopic (exact) mass is 235 g/mol. The average Bonchev–Trinajstić information content (AvgIpc) is 3.04. The molecule has 0 unspecified atom stereocenters. The normalized spacial score (nSPS) is 17.2. The van der Waals surface area contributed by atoms with Crippen LogP contribution >= 0.6 is 0 Å². The van der Waals surface area contributed by atoms with E-state index in [1.54, 1.807) is 13.4 Å². The number of ether oxygens (including phenoxy) is 1. The van der Waals surface area contributed by atoms with Crippen LogP contribution in [0.2, 0.25) is 0 Å². The average molecular weight is 235 g/mol. The highest BCUT2D eigenvalue weighted by molar-refractivity contribution is 5.34.